The van der Waals surface area contributed by atoms with Gasteiger partial charge in [0, 0.05) is 25.0 Å². The highest BCUT2D eigenvalue weighted by molar-refractivity contribution is 5.95. The highest BCUT2D eigenvalue weighted by Crippen LogP contribution is 2.24. The Kier molecular flexibility index (Phi) is 6.02. The maximum atomic E-state index is 13.4. The van der Waals surface area contributed by atoms with Crippen molar-refractivity contribution >= 4 is 17.5 Å². The second-order valence-electron chi connectivity index (χ2n) is 7.71. The molecule has 2 amide bonds. The molecule has 0 saturated carbocycles. The standard InChI is InChI=1S/C24H23FN4O2/c1-16-13-27-22(14-26-16)24(31)29-11-3-5-19(15-29)23(30)28-21-9-7-17(8-10-21)18-4-2-6-20(25)12-18/h2,4,6-10,12-14,19H,3,5,11,15H2,1H3,(H,28,30)/t19-/m1/s1. The number of carbonyl (C=O) groups is 2. The predicted octanol–water partition coefficient (Wildman–Crippen LogP) is 4.08. The first-order valence-corrected chi connectivity index (χ1v) is 10.2. The quantitative estimate of drug-likeness (QED) is 0.693. The lowest BCUT2D eigenvalue weighted by molar-refractivity contribution is -0.121. The molecule has 0 aliphatic carbocycles. The molecule has 1 N–H and O–H groups in total. The monoisotopic (exact) mass is 418 g/mol. The second-order valence-corrected chi connectivity index (χ2v) is 7.71. The van der Waals surface area contributed by atoms with E-state index in [1.54, 1.807) is 29.3 Å². The summed E-state index contributed by atoms with van der Waals surface area (Å²) in [6.07, 6.45) is 4.51. The number of benzene rings is 2. The van der Waals surface area contributed by atoms with E-state index >= 15 is 0 Å². The van der Waals surface area contributed by atoms with Crippen LogP contribution >= 0.6 is 0 Å². The summed E-state index contributed by atoms with van der Waals surface area (Å²) < 4.78 is 13.4. The molecule has 1 atom stereocenters. The third-order valence-corrected chi connectivity index (χ3v) is 5.39. The zero-order valence-corrected chi connectivity index (χ0v) is 17.2. The number of carbonyl (C=O) groups excluding carboxylic acids is 2. The summed E-state index contributed by atoms with van der Waals surface area (Å²) in [5.41, 5.74) is 3.35. The van der Waals surface area contributed by atoms with Crippen molar-refractivity contribution in [3.8, 4) is 11.1 Å². The van der Waals surface area contributed by atoms with Crippen molar-refractivity contribution < 1.29 is 14.0 Å². The van der Waals surface area contributed by atoms with E-state index in [1.165, 1.54) is 18.3 Å². The fraction of sp³-hybridized carbons (Fsp3) is 0.250. The van der Waals surface area contributed by atoms with E-state index in [-0.39, 0.29) is 23.5 Å². The second kappa shape index (κ2) is 9.04. The molecule has 2 aromatic carbocycles. The lowest BCUT2D eigenvalue weighted by atomic mass is 9.96. The van der Waals surface area contributed by atoms with Crippen molar-refractivity contribution in [2.75, 3.05) is 18.4 Å². The van der Waals surface area contributed by atoms with Gasteiger partial charge in [-0.2, -0.15) is 0 Å². The van der Waals surface area contributed by atoms with Crippen molar-refractivity contribution in [1.82, 2.24) is 14.9 Å². The number of nitrogens with zero attached hydrogens (tertiary/aromatic N) is 3. The molecule has 1 aliphatic heterocycles. The SMILES string of the molecule is Cc1cnc(C(=O)N2CCC[C@@H](C(=O)Nc3ccc(-c4cccc(F)c4)cc3)C2)cn1. The van der Waals surface area contributed by atoms with Gasteiger partial charge in [-0.25, -0.2) is 9.37 Å². The summed E-state index contributed by atoms with van der Waals surface area (Å²) in [6.45, 7) is 2.76. The van der Waals surface area contributed by atoms with Gasteiger partial charge in [0.1, 0.15) is 11.5 Å². The van der Waals surface area contributed by atoms with E-state index in [2.05, 4.69) is 15.3 Å². The van der Waals surface area contributed by atoms with E-state index in [4.69, 9.17) is 0 Å². The van der Waals surface area contributed by atoms with Gasteiger partial charge in [0.15, 0.2) is 0 Å². The predicted molar refractivity (Wildman–Crippen MR) is 116 cm³/mol. The number of halogens is 1. The number of hydrogen-bond donors (Lipinski definition) is 1. The number of aromatic nitrogens is 2. The molecular weight excluding hydrogens is 395 g/mol. The third-order valence-electron chi connectivity index (χ3n) is 5.39. The van der Waals surface area contributed by atoms with Gasteiger partial charge in [-0.3, -0.25) is 14.6 Å². The molecule has 0 radical (unpaired) electrons. The fourth-order valence-electron chi connectivity index (χ4n) is 3.70. The summed E-state index contributed by atoms with van der Waals surface area (Å²) in [7, 11) is 0. The number of nitrogens with one attached hydrogen (secondary N) is 1. The molecular formula is C24H23FN4O2. The molecule has 1 saturated heterocycles. The molecule has 31 heavy (non-hydrogen) atoms. The van der Waals surface area contributed by atoms with Gasteiger partial charge < -0.3 is 10.2 Å². The van der Waals surface area contributed by atoms with Gasteiger partial charge in [0.25, 0.3) is 5.91 Å². The Morgan fingerprint density at radius 3 is 2.58 bits per heavy atom. The molecule has 1 fully saturated rings. The topological polar surface area (TPSA) is 75.2 Å². The lowest BCUT2D eigenvalue weighted by Gasteiger charge is -2.31. The van der Waals surface area contributed by atoms with E-state index in [1.807, 2.05) is 25.1 Å². The van der Waals surface area contributed by atoms with Crippen molar-refractivity contribution in [2.45, 2.75) is 19.8 Å². The Labute approximate surface area is 180 Å². The van der Waals surface area contributed by atoms with E-state index in [9.17, 15) is 14.0 Å². The lowest BCUT2D eigenvalue weighted by Crippen LogP contribution is -2.44. The average Bonchev–Trinajstić information content (AvgIpc) is 2.80. The summed E-state index contributed by atoms with van der Waals surface area (Å²) >= 11 is 0. The van der Waals surface area contributed by atoms with Crippen LogP contribution in [0.1, 0.15) is 29.0 Å². The van der Waals surface area contributed by atoms with Crippen LogP contribution in [0.4, 0.5) is 10.1 Å². The van der Waals surface area contributed by atoms with Gasteiger partial charge >= 0.3 is 0 Å². The maximum Gasteiger partial charge on any atom is 0.274 e. The molecule has 4 rings (SSSR count). The van der Waals surface area contributed by atoms with Gasteiger partial charge in [-0.05, 0) is 55.2 Å². The zero-order chi connectivity index (χ0) is 21.8. The number of likely N-dealkylation sites (tertiary alicyclic amines) is 1. The van der Waals surface area contributed by atoms with Crippen LogP contribution in [0.15, 0.2) is 60.9 Å². The normalized spacial score (nSPS) is 16.1. The minimum atomic E-state index is -0.293. The smallest absolute Gasteiger partial charge is 0.274 e. The van der Waals surface area contributed by atoms with Crippen molar-refractivity contribution in [1.29, 1.82) is 0 Å². The van der Waals surface area contributed by atoms with Crippen LogP contribution in [-0.2, 0) is 4.79 Å². The van der Waals surface area contributed by atoms with E-state index in [0.29, 0.717) is 24.5 Å². The van der Waals surface area contributed by atoms with Crippen LogP contribution in [0.3, 0.4) is 0 Å². The summed E-state index contributed by atoms with van der Waals surface area (Å²) in [5, 5.41) is 2.93. The highest BCUT2D eigenvalue weighted by Gasteiger charge is 2.29. The first-order chi connectivity index (χ1) is 15.0. The molecule has 1 aromatic heterocycles. The molecule has 3 aromatic rings. The number of amides is 2. The van der Waals surface area contributed by atoms with Crippen LogP contribution in [0.5, 0.6) is 0 Å². The largest absolute Gasteiger partial charge is 0.336 e. The number of rotatable bonds is 4. The van der Waals surface area contributed by atoms with E-state index in [0.717, 1.165) is 29.7 Å². The molecule has 2 heterocycles. The summed E-state index contributed by atoms with van der Waals surface area (Å²) in [4.78, 5) is 35.4. The third kappa shape index (κ3) is 4.94. The Hall–Kier alpha value is -3.61. The first kappa shape index (κ1) is 20.7. The molecule has 0 unspecified atom stereocenters. The summed E-state index contributed by atoms with van der Waals surface area (Å²) in [5.74, 6) is -0.905. The molecule has 6 nitrogen and oxygen atoms in total. The van der Waals surface area contributed by atoms with Gasteiger partial charge in [0.2, 0.25) is 5.91 Å². The number of aryl methyl sites for hydroxylation is 1. The van der Waals surface area contributed by atoms with Crippen molar-refractivity contribution in [3.63, 3.8) is 0 Å². The van der Waals surface area contributed by atoms with Crippen LogP contribution in [0.2, 0.25) is 0 Å². The van der Waals surface area contributed by atoms with Crippen molar-refractivity contribution in [3.05, 3.63) is 78.1 Å². The minimum absolute atomic E-state index is 0.119. The molecule has 0 spiro atoms. The zero-order valence-electron chi connectivity index (χ0n) is 17.2. The van der Waals surface area contributed by atoms with E-state index < -0.39 is 0 Å². The van der Waals surface area contributed by atoms with Gasteiger partial charge in [0.05, 0.1) is 17.8 Å². The Morgan fingerprint density at radius 2 is 1.87 bits per heavy atom. The van der Waals surface area contributed by atoms with Gasteiger partial charge in [-0.15, -0.1) is 0 Å². The molecule has 0 bridgehead atoms. The van der Waals surface area contributed by atoms with Gasteiger partial charge in [-0.1, -0.05) is 24.3 Å². The van der Waals surface area contributed by atoms with Crippen LogP contribution < -0.4 is 5.32 Å². The fourth-order valence-corrected chi connectivity index (χ4v) is 3.70. The molecule has 7 heteroatoms. The first-order valence-electron chi connectivity index (χ1n) is 10.2. The number of piperidine rings is 1. The maximum absolute atomic E-state index is 13.4. The Morgan fingerprint density at radius 1 is 1.06 bits per heavy atom. The Balaban J connectivity index is 1.39. The Bertz CT molecular complexity index is 1080. The minimum Gasteiger partial charge on any atom is -0.336 e. The summed E-state index contributed by atoms with van der Waals surface area (Å²) in [6, 6.07) is 13.7. The van der Waals surface area contributed by atoms with Crippen LogP contribution in [0.25, 0.3) is 11.1 Å². The highest BCUT2D eigenvalue weighted by atomic mass is 19.1. The van der Waals surface area contributed by atoms with Crippen molar-refractivity contribution in [2.24, 2.45) is 5.92 Å². The van der Waals surface area contributed by atoms with Crippen LogP contribution in [-0.4, -0.2) is 39.8 Å². The number of hydrogen-bond acceptors (Lipinski definition) is 4. The van der Waals surface area contributed by atoms with Crippen LogP contribution in [0, 0.1) is 18.7 Å². The number of anilines is 1. The molecule has 1 aliphatic rings. The molecule has 158 valence electrons. The average molecular weight is 418 g/mol.